The van der Waals surface area contributed by atoms with Crippen LogP contribution in [-0.4, -0.2) is 54.8 Å². The van der Waals surface area contributed by atoms with Crippen LogP contribution in [0, 0.1) is 0 Å². The molecule has 3 rings (SSSR count). The Kier molecular flexibility index (Phi) is 3.33. The lowest BCUT2D eigenvalue weighted by molar-refractivity contribution is 0.0536. The van der Waals surface area contributed by atoms with E-state index < -0.39 is 10.0 Å². The van der Waals surface area contributed by atoms with Gasteiger partial charge in [-0.1, -0.05) is 12.1 Å². The molecule has 0 unspecified atom stereocenters. The summed E-state index contributed by atoms with van der Waals surface area (Å²) in [5, 5.41) is 0. The van der Waals surface area contributed by atoms with E-state index >= 15 is 0 Å². The number of sulfonamides is 1. The van der Waals surface area contributed by atoms with E-state index in [2.05, 4.69) is 0 Å². The fourth-order valence-corrected chi connectivity index (χ4v) is 3.85. The molecule has 21 heavy (non-hydrogen) atoms. The number of carbonyl (C=O) groups is 2. The summed E-state index contributed by atoms with van der Waals surface area (Å²) in [6.45, 7) is 0.688. The number of piperidine rings is 1. The van der Waals surface area contributed by atoms with E-state index in [1.54, 1.807) is 24.3 Å². The van der Waals surface area contributed by atoms with E-state index in [1.165, 1.54) is 15.5 Å². The van der Waals surface area contributed by atoms with E-state index in [0.29, 0.717) is 37.1 Å². The molecule has 0 bridgehead atoms. The molecule has 1 aromatic rings. The second-order valence-corrected chi connectivity index (χ2v) is 7.40. The summed E-state index contributed by atoms with van der Waals surface area (Å²) in [5.74, 6) is -0.540. The van der Waals surface area contributed by atoms with Crippen LogP contribution < -0.4 is 0 Å². The van der Waals surface area contributed by atoms with Crippen LogP contribution in [0.2, 0.25) is 0 Å². The van der Waals surface area contributed by atoms with Gasteiger partial charge >= 0.3 is 0 Å². The lowest BCUT2D eigenvalue weighted by Crippen LogP contribution is -2.48. The fraction of sp³-hybridized carbons (Fsp3) is 0.429. The zero-order valence-corrected chi connectivity index (χ0v) is 12.5. The zero-order valence-electron chi connectivity index (χ0n) is 11.7. The Bertz CT molecular complexity index is 670. The summed E-state index contributed by atoms with van der Waals surface area (Å²) in [4.78, 5) is 26.0. The van der Waals surface area contributed by atoms with Crippen molar-refractivity contribution < 1.29 is 18.0 Å². The van der Waals surface area contributed by atoms with E-state index in [1.807, 2.05) is 0 Å². The number of amides is 2. The number of hydrogen-bond acceptors (Lipinski definition) is 4. The summed E-state index contributed by atoms with van der Waals surface area (Å²) < 4.78 is 24.4. The van der Waals surface area contributed by atoms with Gasteiger partial charge in [-0.2, -0.15) is 0 Å². The van der Waals surface area contributed by atoms with Crippen molar-refractivity contribution in [1.82, 2.24) is 9.21 Å². The lowest BCUT2D eigenvalue weighted by atomic mass is 10.1. The molecule has 2 heterocycles. The van der Waals surface area contributed by atoms with Crippen LogP contribution in [0.15, 0.2) is 24.3 Å². The molecule has 0 atom stereocenters. The monoisotopic (exact) mass is 308 g/mol. The number of imide groups is 1. The summed E-state index contributed by atoms with van der Waals surface area (Å²) in [7, 11) is -3.21. The van der Waals surface area contributed by atoms with Crippen LogP contribution in [0.5, 0.6) is 0 Å². The van der Waals surface area contributed by atoms with Gasteiger partial charge in [-0.05, 0) is 25.0 Å². The second-order valence-electron chi connectivity index (χ2n) is 5.42. The minimum atomic E-state index is -3.21. The van der Waals surface area contributed by atoms with Crippen LogP contribution in [0.3, 0.4) is 0 Å². The maximum atomic E-state index is 12.4. The molecule has 0 spiro atoms. The van der Waals surface area contributed by atoms with Gasteiger partial charge in [0.25, 0.3) is 11.8 Å². The van der Waals surface area contributed by atoms with Gasteiger partial charge in [-0.25, -0.2) is 12.7 Å². The van der Waals surface area contributed by atoms with Crippen molar-refractivity contribution in [2.24, 2.45) is 0 Å². The Balaban J connectivity index is 1.79. The molecule has 0 aliphatic carbocycles. The van der Waals surface area contributed by atoms with Crippen LogP contribution in [0.4, 0.5) is 0 Å². The molecule has 2 amide bonds. The van der Waals surface area contributed by atoms with Gasteiger partial charge < -0.3 is 0 Å². The average molecular weight is 308 g/mol. The first kappa shape index (κ1) is 14.2. The molecule has 0 saturated carbocycles. The van der Waals surface area contributed by atoms with Crippen molar-refractivity contribution in [3.8, 4) is 0 Å². The van der Waals surface area contributed by atoms with Gasteiger partial charge in [0.05, 0.1) is 17.4 Å². The molecule has 6 nitrogen and oxygen atoms in total. The van der Waals surface area contributed by atoms with Crippen LogP contribution >= 0.6 is 0 Å². The lowest BCUT2D eigenvalue weighted by Gasteiger charge is -2.34. The molecular weight excluding hydrogens is 292 g/mol. The van der Waals surface area contributed by atoms with Gasteiger partial charge in [0.2, 0.25) is 10.0 Å². The van der Waals surface area contributed by atoms with E-state index in [-0.39, 0.29) is 17.9 Å². The summed E-state index contributed by atoms with van der Waals surface area (Å²) in [6.07, 6.45) is 2.15. The maximum Gasteiger partial charge on any atom is 0.261 e. The molecule has 1 fully saturated rings. The third-order valence-corrected chi connectivity index (χ3v) is 5.39. The third kappa shape index (κ3) is 2.36. The first-order chi connectivity index (χ1) is 9.89. The normalized spacial score (nSPS) is 20.9. The van der Waals surface area contributed by atoms with E-state index in [9.17, 15) is 18.0 Å². The highest BCUT2D eigenvalue weighted by Crippen LogP contribution is 2.28. The van der Waals surface area contributed by atoms with E-state index in [0.717, 1.165) is 0 Å². The highest BCUT2D eigenvalue weighted by molar-refractivity contribution is 7.88. The van der Waals surface area contributed by atoms with Gasteiger partial charge in [0.15, 0.2) is 0 Å². The summed E-state index contributed by atoms with van der Waals surface area (Å²) in [5.41, 5.74) is 0.876. The van der Waals surface area contributed by atoms with Gasteiger partial charge in [0, 0.05) is 19.1 Å². The molecule has 7 heteroatoms. The minimum Gasteiger partial charge on any atom is -0.271 e. The molecule has 0 radical (unpaired) electrons. The summed E-state index contributed by atoms with van der Waals surface area (Å²) in [6, 6.07) is 6.55. The molecule has 1 saturated heterocycles. The number of fused-ring (bicyclic) bond motifs is 1. The van der Waals surface area contributed by atoms with Crippen LogP contribution in [-0.2, 0) is 10.0 Å². The number of nitrogens with zero attached hydrogens (tertiary/aromatic N) is 2. The highest BCUT2D eigenvalue weighted by atomic mass is 32.2. The van der Waals surface area contributed by atoms with Crippen molar-refractivity contribution in [3.63, 3.8) is 0 Å². The smallest absolute Gasteiger partial charge is 0.261 e. The predicted octanol–water partition coefficient (Wildman–Crippen LogP) is 0.707. The van der Waals surface area contributed by atoms with Gasteiger partial charge in [0.1, 0.15) is 0 Å². The third-order valence-electron chi connectivity index (χ3n) is 4.08. The molecule has 1 aromatic carbocycles. The van der Waals surface area contributed by atoms with Crippen molar-refractivity contribution in [2.45, 2.75) is 18.9 Å². The van der Waals surface area contributed by atoms with E-state index in [4.69, 9.17) is 0 Å². The zero-order chi connectivity index (χ0) is 15.2. The van der Waals surface area contributed by atoms with Crippen LogP contribution in [0.25, 0.3) is 0 Å². The minimum absolute atomic E-state index is 0.226. The van der Waals surface area contributed by atoms with Crippen molar-refractivity contribution >= 4 is 21.8 Å². The Morgan fingerprint density at radius 2 is 1.48 bits per heavy atom. The second kappa shape index (κ2) is 4.92. The quantitative estimate of drug-likeness (QED) is 0.754. The van der Waals surface area contributed by atoms with Crippen molar-refractivity contribution in [3.05, 3.63) is 35.4 Å². The number of hydrogen-bond donors (Lipinski definition) is 0. The van der Waals surface area contributed by atoms with Gasteiger partial charge in [-0.15, -0.1) is 0 Å². The molecular formula is C14H16N2O4S. The number of carbonyl (C=O) groups excluding carboxylic acids is 2. The maximum absolute atomic E-state index is 12.4. The van der Waals surface area contributed by atoms with Crippen molar-refractivity contribution in [1.29, 1.82) is 0 Å². The largest absolute Gasteiger partial charge is 0.271 e. The average Bonchev–Trinajstić information content (AvgIpc) is 2.71. The topological polar surface area (TPSA) is 74.8 Å². The fourth-order valence-electron chi connectivity index (χ4n) is 2.97. The Labute approximate surface area is 123 Å². The Morgan fingerprint density at radius 3 is 1.90 bits per heavy atom. The molecule has 0 N–H and O–H groups in total. The molecule has 112 valence electrons. The first-order valence-electron chi connectivity index (χ1n) is 6.81. The molecule has 2 aliphatic rings. The number of rotatable bonds is 2. The highest BCUT2D eigenvalue weighted by Gasteiger charge is 2.41. The Morgan fingerprint density at radius 1 is 1.00 bits per heavy atom. The first-order valence-corrected chi connectivity index (χ1v) is 8.66. The summed E-state index contributed by atoms with van der Waals surface area (Å²) >= 11 is 0. The number of benzene rings is 1. The Hall–Kier alpha value is -1.73. The predicted molar refractivity (Wildman–Crippen MR) is 76.4 cm³/mol. The van der Waals surface area contributed by atoms with Crippen molar-refractivity contribution in [2.75, 3.05) is 19.3 Å². The SMILES string of the molecule is CS(=O)(=O)N1CCC(N2C(=O)c3ccccc3C2=O)CC1. The molecule has 0 aromatic heterocycles. The standard InChI is InChI=1S/C14H16N2O4S/c1-21(19,20)15-8-6-10(7-9-15)16-13(17)11-4-2-3-5-12(11)14(16)18/h2-5,10H,6-9H2,1H3. The van der Waals surface area contributed by atoms with Gasteiger partial charge in [-0.3, -0.25) is 14.5 Å². The van der Waals surface area contributed by atoms with Crippen LogP contribution in [0.1, 0.15) is 33.6 Å². The molecule has 2 aliphatic heterocycles.